The molecule has 3 heterocycles. The minimum Gasteiger partial charge on any atom is -0.337 e. The number of halogens is 3. The van der Waals surface area contributed by atoms with Crippen molar-refractivity contribution in [2.24, 2.45) is 0 Å². The van der Waals surface area contributed by atoms with Gasteiger partial charge in [-0.3, -0.25) is 9.89 Å². The summed E-state index contributed by atoms with van der Waals surface area (Å²) >= 11 is 0. The first-order valence-electron chi connectivity index (χ1n) is 8.94. The molecule has 2 aromatic heterocycles. The number of likely N-dealkylation sites (tertiary alicyclic amines) is 1. The molecule has 1 N–H and O–H groups in total. The molecule has 0 bridgehead atoms. The van der Waals surface area contributed by atoms with Gasteiger partial charge in [-0.2, -0.15) is 19.0 Å². The van der Waals surface area contributed by atoms with Crippen LogP contribution in [0.3, 0.4) is 0 Å². The van der Waals surface area contributed by atoms with Gasteiger partial charge in [0.25, 0.3) is 5.91 Å². The Labute approximate surface area is 159 Å². The van der Waals surface area contributed by atoms with E-state index >= 15 is 0 Å². The van der Waals surface area contributed by atoms with Crippen LogP contribution >= 0.6 is 0 Å². The summed E-state index contributed by atoms with van der Waals surface area (Å²) in [5, 5.41) is 10.8. The van der Waals surface area contributed by atoms with Crippen molar-refractivity contribution in [3.63, 3.8) is 0 Å². The number of aromatic amines is 1. The molecular weight excluding hydrogens is 371 g/mol. The molecule has 1 saturated heterocycles. The molecule has 1 aliphatic rings. The Morgan fingerprint density at radius 1 is 1.21 bits per heavy atom. The van der Waals surface area contributed by atoms with E-state index in [1.165, 1.54) is 18.2 Å². The fraction of sp³-hybridized carbons (Fsp3) is 0.316. The lowest BCUT2D eigenvalue weighted by atomic mass is 9.89. The second-order valence-electron chi connectivity index (χ2n) is 6.73. The highest BCUT2D eigenvalue weighted by molar-refractivity contribution is 5.92. The van der Waals surface area contributed by atoms with Crippen molar-refractivity contribution in [2.75, 3.05) is 13.1 Å². The monoisotopic (exact) mass is 389 g/mol. The van der Waals surface area contributed by atoms with Crippen molar-refractivity contribution in [1.82, 2.24) is 24.9 Å². The smallest absolute Gasteiger partial charge is 0.333 e. The standard InChI is InChI=1S/C19H18F3N5O/c20-14-3-1-2-13(10-14)15-11-23-24-17(15)12-4-7-26(8-5-12)18(28)16-6-9-27(25-16)19(21)22/h1-3,6,9-12,19H,4-5,7-8H2,(H,23,24). The molecule has 3 aromatic rings. The molecule has 0 aliphatic carbocycles. The summed E-state index contributed by atoms with van der Waals surface area (Å²) in [6.45, 7) is -1.81. The largest absolute Gasteiger partial charge is 0.337 e. The van der Waals surface area contributed by atoms with Crippen molar-refractivity contribution in [3.05, 3.63) is 59.9 Å². The average Bonchev–Trinajstić information content (AvgIpc) is 3.37. The highest BCUT2D eigenvalue weighted by atomic mass is 19.3. The van der Waals surface area contributed by atoms with E-state index in [0.29, 0.717) is 30.6 Å². The number of benzene rings is 1. The van der Waals surface area contributed by atoms with Gasteiger partial charge in [0, 0.05) is 36.5 Å². The number of carbonyl (C=O) groups excluding carboxylic acids is 1. The highest BCUT2D eigenvalue weighted by Gasteiger charge is 2.28. The van der Waals surface area contributed by atoms with E-state index in [2.05, 4.69) is 15.3 Å². The first kappa shape index (κ1) is 18.3. The molecule has 0 spiro atoms. The van der Waals surface area contributed by atoms with Crippen LogP contribution in [0.25, 0.3) is 11.1 Å². The summed E-state index contributed by atoms with van der Waals surface area (Å²) in [6, 6.07) is 7.64. The second kappa shape index (κ2) is 7.49. The molecule has 9 heteroatoms. The van der Waals surface area contributed by atoms with E-state index in [1.54, 1.807) is 17.2 Å². The van der Waals surface area contributed by atoms with E-state index in [1.807, 2.05) is 6.07 Å². The van der Waals surface area contributed by atoms with Crippen molar-refractivity contribution < 1.29 is 18.0 Å². The molecule has 1 aromatic carbocycles. The molecule has 4 rings (SSSR count). The fourth-order valence-corrected chi connectivity index (χ4v) is 3.59. The van der Waals surface area contributed by atoms with Crippen LogP contribution in [0.15, 0.2) is 42.7 Å². The van der Waals surface area contributed by atoms with Crippen molar-refractivity contribution in [3.8, 4) is 11.1 Å². The number of hydrogen-bond acceptors (Lipinski definition) is 3. The first-order valence-corrected chi connectivity index (χ1v) is 8.94. The second-order valence-corrected chi connectivity index (χ2v) is 6.73. The molecule has 0 unspecified atom stereocenters. The minimum atomic E-state index is -2.77. The highest BCUT2D eigenvalue weighted by Crippen LogP contribution is 2.34. The Kier molecular flexibility index (Phi) is 4.89. The number of carbonyl (C=O) groups is 1. The quantitative estimate of drug-likeness (QED) is 0.738. The van der Waals surface area contributed by atoms with E-state index < -0.39 is 6.55 Å². The molecule has 28 heavy (non-hydrogen) atoms. The Bertz CT molecular complexity index is 975. The molecule has 6 nitrogen and oxygen atoms in total. The van der Waals surface area contributed by atoms with Crippen LogP contribution in [0, 0.1) is 5.82 Å². The Morgan fingerprint density at radius 3 is 2.68 bits per heavy atom. The third-order valence-corrected chi connectivity index (χ3v) is 5.02. The van der Waals surface area contributed by atoms with Crippen LogP contribution in [0.5, 0.6) is 0 Å². The van der Waals surface area contributed by atoms with Crippen LogP contribution in [0.4, 0.5) is 13.2 Å². The molecular formula is C19H18F3N5O. The predicted molar refractivity (Wildman–Crippen MR) is 95.3 cm³/mol. The zero-order valence-corrected chi connectivity index (χ0v) is 14.9. The van der Waals surface area contributed by atoms with Gasteiger partial charge in [0.05, 0.1) is 6.20 Å². The summed E-state index contributed by atoms with van der Waals surface area (Å²) < 4.78 is 39.3. The first-order chi connectivity index (χ1) is 13.5. The average molecular weight is 389 g/mol. The summed E-state index contributed by atoms with van der Waals surface area (Å²) in [6.07, 6.45) is 4.15. The number of nitrogens with one attached hydrogen (secondary N) is 1. The number of hydrogen-bond donors (Lipinski definition) is 1. The van der Waals surface area contributed by atoms with Gasteiger partial charge in [0.2, 0.25) is 0 Å². The number of piperidine rings is 1. The van der Waals surface area contributed by atoms with Crippen LogP contribution in [0.2, 0.25) is 0 Å². The third-order valence-electron chi connectivity index (χ3n) is 5.02. The van der Waals surface area contributed by atoms with Gasteiger partial charge in [-0.05, 0) is 36.6 Å². The van der Waals surface area contributed by atoms with Crippen LogP contribution < -0.4 is 0 Å². The van der Waals surface area contributed by atoms with Crippen molar-refractivity contribution in [2.45, 2.75) is 25.3 Å². The third kappa shape index (κ3) is 3.51. The zero-order valence-electron chi connectivity index (χ0n) is 14.9. The van der Waals surface area contributed by atoms with Crippen LogP contribution in [-0.4, -0.2) is 43.9 Å². The van der Waals surface area contributed by atoms with E-state index in [0.717, 1.165) is 23.0 Å². The Morgan fingerprint density at radius 2 is 2.00 bits per heavy atom. The van der Waals surface area contributed by atoms with Crippen molar-refractivity contribution in [1.29, 1.82) is 0 Å². The van der Waals surface area contributed by atoms with Gasteiger partial charge in [-0.1, -0.05) is 12.1 Å². The Balaban J connectivity index is 1.45. The normalized spacial score (nSPS) is 15.4. The van der Waals surface area contributed by atoms with Gasteiger partial charge in [0.1, 0.15) is 5.82 Å². The number of alkyl halides is 2. The lowest BCUT2D eigenvalue weighted by Gasteiger charge is -2.31. The van der Waals surface area contributed by atoms with E-state index in [-0.39, 0.29) is 23.3 Å². The number of H-pyrrole nitrogens is 1. The summed E-state index contributed by atoms with van der Waals surface area (Å²) in [5.74, 6) is -0.524. The van der Waals surface area contributed by atoms with Crippen molar-refractivity contribution >= 4 is 5.91 Å². The van der Waals surface area contributed by atoms with Gasteiger partial charge in [0.15, 0.2) is 5.69 Å². The van der Waals surface area contributed by atoms with E-state index in [4.69, 9.17) is 0 Å². The molecule has 146 valence electrons. The van der Waals surface area contributed by atoms with Gasteiger partial charge in [-0.15, -0.1) is 0 Å². The van der Waals surface area contributed by atoms with Gasteiger partial charge in [-0.25, -0.2) is 9.07 Å². The lowest BCUT2D eigenvalue weighted by molar-refractivity contribution is 0.0547. The van der Waals surface area contributed by atoms with Crippen LogP contribution in [-0.2, 0) is 0 Å². The maximum Gasteiger partial charge on any atom is 0.333 e. The number of aromatic nitrogens is 4. The maximum atomic E-state index is 13.6. The molecule has 1 amide bonds. The summed E-state index contributed by atoms with van der Waals surface area (Å²) in [7, 11) is 0. The molecule has 1 aliphatic heterocycles. The molecule has 1 fully saturated rings. The van der Waals surface area contributed by atoms with Crippen LogP contribution in [0.1, 0.15) is 41.5 Å². The number of amides is 1. The van der Waals surface area contributed by atoms with Gasteiger partial charge < -0.3 is 4.90 Å². The van der Waals surface area contributed by atoms with Gasteiger partial charge >= 0.3 is 6.55 Å². The van der Waals surface area contributed by atoms with E-state index in [9.17, 15) is 18.0 Å². The number of nitrogens with zero attached hydrogens (tertiary/aromatic N) is 4. The Hall–Kier alpha value is -3.10. The summed E-state index contributed by atoms with van der Waals surface area (Å²) in [4.78, 5) is 14.1. The fourth-order valence-electron chi connectivity index (χ4n) is 3.59. The number of rotatable bonds is 4. The maximum absolute atomic E-state index is 13.6. The predicted octanol–water partition coefficient (Wildman–Crippen LogP) is 3.83. The molecule has 0 saturated carbocycles. The zero-order chi connectivity index (χ0) is 19.7. The molecule has 0 atom stereocenters. The SMILES string of the molecule is O=C(c1ccn(C(F)F)n1)N1CCC(c2[nH]ncc2-c2cccc(F)c2)CC1. The lowest BCUT2D eigenvalue weighted by Crippen LogP contribution is -2.38. The topological polar surface area (TPSA) is 66.8 Å². The molecule has 0 radical (unpaired) electrons. The summed E-state index contributed by atoms with van der Waals surface area (Å²) in [5.41, 5.74) is 2.53. The minimum absolute atomic E-state index is 0.0146.